The van der Waals surface area contributed by atoms with E-state index in [2.05, 4.69) is 15.5 Å². The number of nitrogens with one attached hydrogen (secondary N) is 1. The molecule has 7 heteroatoms. The van der Waals surface area contributed by atoms with Gasteiger partial charge in [-0.2, -0.15) is 4.98 Å². The van der Waals surface area contributed by atoms with Gasteiger partial charge in [-0.25, -0.2) is 4.39 Å². The first-order valence-corrected chi connectivity index (χ1v) is 9.84. The van der Waals surface area contributed by atoms with Crippen molar-refractivity contribution < 1.29 is 8.91 Å². The summed E-state index contributed by atoms with van der Waals surface area (Å²) in [4.78, 5) is 6.64. The number of hydrogen-bond acceptors (Lipinski definition) is 4. The first-order chi connectivity index (χ1) is 14.0. The molecule has 0 amide bonds. The van der Waals surface area contributed by atoms with Crippen LogP contribution in [0.3, 0.4) is 0 Å². The predicted molar refractivity (Wildman–Crippen MR) is 114 cm³/mol. The fourth-order valence-corrected chi connectivity index (χ4v) is 3.88. The molecule has 0 fully saturated rings. The number of nitrogens with zero attached hydrogens (tertiary/aromatic N) is 3. The largest absolute Gasteiger partial charge is 0.351 e. The average Bonchev–Trinajstić information content (AvgIpc) is 3.18. The Morgan fingerprint density at radius 2 is 1.79 bits per heavy atom. The van der Waals surface area contributed by atoms with Crippen LogP contribution in [-0.2, 0) is 0 Å². The van der Waals surface area contributed by atoms with Crippen LogP contribution in [0, 0.1) is 12.7 Å². The molecular weight excluding hydrogens is 387 g/mol. The third kappa shape index (κ3) is 3.65. The molecule has 0 bridgehead atoms. The first kappa shape index (κ1) is 19.3. The van der Waals surface area contributed by atoms with Crippen molar-refractivity contribution in [2.45, 2.75) is 26.8 Å². The first-order valence-electron chi connectivity index (χ1n) is 9.43. The highest BCUT2D eigenvalue weighted by molar-refractivity contribution is 7.80. The van der Waals surface area contributed by atoms with Gasteiger partial charge in [-0.1, -0.05) is 47.1 Å². The smallest absolute Gasteiger partial charge is 0.258 e. The summed E-state index contributed by atoms with van der Waals surface area (Å²) in [7, 11) is 0. The molecule has 3 aromatic rings. The molecule has 1 aliphatic heterocycles. The lowest BCUT2D eigenvalue weighted by Gasteiger charge is -2.36. The molecule has 0 aliphatic carbocycles. The normalized spacial score (nSPS) is 16.9. The van der Waals surface area contributed by atoms with Gasteiger partial charge in [0.1, 0.15) is 5.82 Å². The van der Waals surface area contributed by atoms with Crippen LogP contribution < -0.4 is 5.32 Å². The van der Waals surface area contributed by atoms with E-state index < -0.39 is 0 Å². The van der Waals surface area contributed by atoms with Crippen LogP contribution >= 0.6 is 12.2 Å². The maximum Gasteiger partial charge on any atom is 0.258 e. The maximum absolute atomic E-state index is 13.5. The fourth-order valence-electron chi connectivity index (χ4n) is 3.50. The molecule has 2 aromatic carbocycles. The lowest BCUT2D eigenvalue weighted by molar-refractivity contribution is 0.398. The van der Waals surface area contributed by atoms with Crippen molar-refractivity contribution in [1.29, 1.82) is 0 Å². The third-order valence-electron chi connectivity index (χ3n) is 5.08. The van der Waals surface area contributed by atoms with Crippen LogP contribution in [0.2, 0.25) is 0 Å². The molecular formula is C22H21FN4OS. The quantitative estimate of drug-likeness (QED) is 0.622. The second kappa shape index (κ2) is 7.75. The molecule has 0 spiro atoms. The summed E-state index contributed by atoms with van der Waals surface area (Å²) in [6, 6.07) is 14.0. The van der Waals surface area contributed by atoms with Gasteiger partial charge in [0.05, 0.1) is 11.6 Å². The third-order valence-corrected chi connectivity index (χ3v) is 5.42. The van der Waals surface area contributed by atoms with E-state index in [1.165, 1.54) is 12.1 Å². The number of rotatable bonds is 4. The van der Waals surface area contributed by atoms with Gasteiger partial charge < -0.3 is 14.7 Å². The van der Waals surface area contributed by atoms with Crippen molar-refractivity contribution in [3.63, 3.8) is 0 Å². The molecule has 2 heterocycles. The molecule has 4 rings (SSSR count). The van der Waals surface area contributed by atoms with Gasteiger partial charge in [0, 0.05) is 17.8 Å². The van der Waals surface area contributed by atoms with Crippen LogP contribution in [-0.4, -0.2) is 26.7 Å². The van der Waals surface area contributed by atoms with Gasteiger partial charge >= 0.3 is 0 Å². The van der Waals surface area contributed by atoms with E-state index in [1.807, 2.05) is 49.9 Å². The minimum atomic E-state index is -0.308. The van der Waals surface area contributed by atoms with Crippen LogP contribution in [0.1, 0.15) is 36.9 Å². The Hall–Kier alpha value is -3.06. The van der Waals surface area contributed by atoms with Gasteiger partial charge in [0.15, 0.2) is 5.11 Å². The standard InChI is InChI=1S/C22H21FN4OS/c1-4-27-14(3)18(19(24-22(27)29)15-9-11-17(23)12-10-15)21-25-20(26-28-21)16-7-5-13(2)6-8-16/h5-12,19H,4H2,1-3H3,(H,24,29). The Labute approximate surface area is 174 Å². The molecule has 29 heavy (non-hydrogen) atoms. The van der Waals surface area contributed by atoms with Crippen molar-refractivity contribution in [1.82, 2.24) is 20.4 Å². The predicted octanol–water partition coefficient (Wildman–Crippen LogP) is 4.87. The topological polar surface area (TPSA) is 54.2 Å². The van der Waals surface area contributed by atoms with Crippen molar-refractivity contribution in [2.75, 3.05) is 6.54 Å². The number of allylic oxidation sites excluding steroid dienone is 1. The highest BCUT2D eigenvalue weighted by Crippen LogP contribution is 2.37. The molecule has 0 saturated heterocycles. The van der Waals surface area contributed by atoms with Crippen LogP contribution in [0.4, 0.5) is 4.39 Å². The Morgan fingerprint density at radius 1 is 1.10 bits per heavy atom. The Morgan fingerprint density at radius 3 is 2.45 bits per heavy atom. The lowest BCUT2D eigenvalue weighted by atomic mass is 9.95. The minimum Gasteiger partial charge on any atom is -0.351 e. The van der Waals surface area contributed by atoms with Gasteiger partial charge in [-0.3, -0.25) is 0 Å². The van der Waals surface area contributed by atoms with E-state index in [0.717, 1.165) is 28.0 Å². The van der Waals surface area contributed by atoms with E-state index in [4.69, 9.17) is 16.7 Å². The summed E-state index contributed by atoms with van der Waals surface area (Å²) in [6.45, 7) is 6.75. The average molecular weight is 409 g/mol. The van der Waals surface area contributed by atoms with E-state index in [9.17, 15) is 4.39 Å². The molecule has 1 atom stereocenters. The van der Waals surface area contributed by atoms with Crippen molar-refractivity contribution in [3.8, 4) is 11.4 Å². The maximum atomic E-state index is 13.5. The summed E-state index contributed by atoms with van der Waals surface area (Å²) in [5.74, 6) is 0.652. The van der Waals surface area contributed by atoms with E-state index >= 15 is 0 Å². The van der Waals surface area contributed by atoms with Crippen molar-refractivity contribution in [2.24, 2.45) is 0 Å². The van der Waals surface area contributed by atoms with Crippen molar-refractivity contribution in [3.05, 3.63) is 77.1 Å². The summed E-state index contributed by atoms with van der Waals surface area (Å²) in [6.07, 6.45) is 0. The molecule has 1 aliphatic rings. The molecule has 0 radical (unpaired) electrons. The zero-order valence-electron chi connectivity index (χ0n) is 16.4. The summed E-state index contributed by atoms with van der Waals surface area (Å²) >= 11 is 5.54. The lowest BCUT2D eigenvalue weighted by Crippen LogP contribution is -2.45. The van der Waals surface area contributed by atoms with Gasteiger partial charge in [0.2, 0.25) is 5.82 Å². The molecule has 1 unspecified atom stereocenters. The number of thiocarbonyl (C=S) groups is 1. The van der Waals surface area contributed by atoms with Crippen LogP contribution in [0.25, 0.3) is 17.0 Å². The monoisotopic (exact) mass is 408 g/mol. The second-order valence-corrected chi connectivity index (χ2v) is 7.35. The molecule has 148 valence electrons. The fraction of sp³-hybridized carbons (Fsp3) is 0.227. The highest BCUT2D eigenvalue weighted by atomic mass is 32.1. The minimum absolute atomic E-state index is 0.288. The Bertz CT molecular complexity index is 1070. The molecule has 0 saturated carbocycles. The van der Waals surface area contributed by atoms with E-state index in [0.29, 0.717) is 23.4 Å². The molecule has 5 nitrogen and oxygen atoms in total. The van der Waals surface area contributed by atoms with E-state index in [1.54, 1.807) is 12.1 Å². The number of aryl methyl sites for hydroxylation is 1. The number of aromatic nitrogens is 2. The highest BCUT2D eigenvalue weighted by Gasteiger charge is 2.33. The van der Waals surface area contributed by atoms with Gasteiger partial charge in [-0.15, -0.1) is 0 Å². The number of benzene rings is 2. The summed E-state index contributed by atoms with van der Waals surface area (Å²) in [5.41, 5.74) is 4.68. The molecule has 1 N–H and O–H groups in total. The Balaban J connectivity index is 1.80. The molecule has 1 aromatic heterocycles. The number of hydrogen-bond donors (Lipinski definition) is 1. The number of halogens is 1. The Kier molecular flexibility index (Phi) is 5.15. The zero-order chi connectivity index (χ0) is 20.5. The van der Waals surface area contributed by atoms with Gasteiger partial charge in [-0.05, 0) is 50.7 Å². The zero-order valence-corrected chi connectivity index (χ0v) is 17.3. The SMILES string of the molecule is CCN1C(=S)NC(c2ccc(F)cc2)C(c2nc(-c3ccc(C)cc3)no2)=C1C. The van der Waals surface area contributed by atoms with Crippen LogP contribution in [0.5, 0.6) is 0 Å². The second-order valence-electron chi connectivity index (χ2n) is 6.97. The van der Waals surface area contributed by atoms with Gasteiger partial charge in [0.25, 0.3) is 5.89 Å². The summed E-state index contributed by atoms with van der Waals surface area (Å²) < 4.78 is 19.1. The van der Waals surface area contributed by atoms with Crippen LogP contribution in [0.15, 0.2) is 58.8 Å². The van der Waals surface area contributed by atoms with Crippen molar-refractivity contribution >= 4 is 22.9 Å². The summed E-state index contributed by atoms with van der Waals surface area (Å²) in [5, 5.41) is 8.13. The van der Waals surface area contributed by atoms with E-state index in [-0.39, 0.29) is 11.9 Å².